The molecular weight excluding hydrogens is 306 g/mol. The predicted octanol–water partition coefficient (Wildman–Crippen LogP) is 3.35. The SMILES string of the molecule is O=C(Cc1ccccc1C(=O)O)Nc1ccccc1OCC1CC1. The Morgan fingerprint density at radius 1 is 1.08 bits per heavy atom. The lowest BCUT2D eigenvalue weighted by Crippen LogP contribution is -2.17. The third-order valence-corrected chi connectivity index (χ3v) is 3.93. The standard InChI is InChI=1S/C19H19NO4/c21-18(11-14-5-1-2-6-15(14)19(22)23)20-16-7-3-4-8-17(16)24-12-13-9-10-13/h1-8,13H,9-12H2,(H,20,21)(H,22,23). The van der Waals surface area contributed by atoms with E-state index in [4.69, 9.17) is 4.74 Å². The molecule has 5 nitrogen and oxygen atoms in total. The molecule has 1 aliphatic carbocycles. The maximum absolute atomic E-state index is 12.3. The van der Waals surface area contributed by atoms with Crippen LogP contribution in [0.4, 0.5) is 5.69 Å². The van der Waals surface area contributed by atoms with Gasteiger partial charge in [0.2, 0.25) is 5.91 Å². The van der Waals surface area contributed by atoms with Crippen molar-refractivity contribution in [2.75, 3.05) is 11.9 Å². The number of nitrogens with one attached hydrogen (secondary N) is 1. The minimum absolute atomic E-state index is 0.000563. The Bertz CT molecular complexity index is 753. The van der Waals surface area contributed by atoms with Crippen LogP contribution in [0.15, 0.2) is 48.5 Å². The highest BCUT2D eigenvalue weighted by Crippen LogP contribution is 2.31. The van der Waals surface area contributed by atoms with Crippen LogP contribution < -0.4 is 10.1 Å². The highest BCUT2D eigenvalue weighted by atomic mass is 16.5. The van der Waals surface area contributed by atoms with Crippen LogP contribution in [-0.2, 0) is 11.2 Å². The lowest BCUT2D eigenvalue weighted by molar-refractivity contribution is -0.115. The van der Waals surface area contributed by atoms with Gasteiger partial charge in [-0.1, -0.05) is 30.3 Å². The Morgan fingerprint density at radius 2 is 1.79 bits per heavy atom. The first-order valence-corrected chi connectivity index (χ1v) is 7.96. The number of amides is 1. The second-order valence-electron chi connectivity index (χ2n) is 5.94. The fourth-order valence-electron chi connectivity index (χ4n) is 2.44. The molecule has 0 aromatic heterocycles. The molecule has 1 aliphatic rings. The summed E-state index contributed by atoms with van der Waals surface area (Å²) in [6.45, 7) is 0.661. The van der Waals surface area contributed by atoms with Crippen LogP contribution in [0.5, 0.6) is 5.75 Å². The van der Waals surface area contributed by atoms with Crippen LogP contribution in [0.2, 0.25) is 0 Å². The molecule has 0 bridgehead atoms. The van der Waals surface area contributed by atoms with E-state index in [9.17, 15) is 14.7 Å². The van der Waals surface area contributed by atoms with Gasteiger partial charge in [-0.3, -0.25) is 4.79 Å². The fourth-order valence-corrected chi connectivity index (χ4v) is 2.44. The molecule has 124 valence electrons. The average molecular weight is 325 g/mol. The zero-order valence-electron chi connectivity index (χ0n) is 13.2. The molecule has 1 fully saturated rings. The van der Waals surface area contributed by atoms with Gasteiger partial charge in [0.1, 0.15) is 5.75 Å². The van der Waals surface area contributed by atoms with Crippen LogP contribution in [-0.4, -0.2) is 23.6 Å². The van der Waals surface area contributed by atoms with Crippen molar-refractivity contribution in [3.8, 4) is 5.75 Å². The van der Waals surface area contributed by atoms with Crippen LogP contribution in [0.25, 0.3) is 0 Å². The Hall–Kier alpha value is -2.82. The molecule has 0 saturated heterocycles. The molecule has 0 heterocycles. The highest BCUT2D eigenvalue weighted by molar-refractivity contribution is 5.96. The van der Waals surface area contributed by atoms with E-state index in [-0.39, 0.29) is 17.9 Å². The molecular formula is C19H19NO4. The van der Waals surface area contributed by atoms with Crippen LogP contribution in [0.3, 0.4) is 0 Å². The lowest BCUT2D eigenvalue weighted by atomic mass is 10.0. The molecule has 0 atom stereocenters. The molecule has 2 aromatic rings. The van der Waals surface area contributed by atoms with Crippen molar-refractivity contribution in [1.29, 1.82) is 0 Å². The third-order valence-electron chi connectivity index (χ3n) is 3.93. The molecule has 0 spiro atoms. The number of carbonyl (C=O) groups excluding carboxylic acids is 1. The number of aromatic carboxylic acids is 1. The van der Waals surface area contributed by atoms with Gasteiger partial charge in [-0.2, -0.15) is 0 Å². The van der Waals surface area contributed by atoms with E-state index in [2.05, 4.69) is 5.32 Å². The van der Waals surface area contributed by atoms with E-state index < -0.39 is 5.97 Å². The summed E-state index contributed by atoms with van der Waals surface area (Å²) in [5, 5.41) is 12.0. The normalized spacial score (nSPS) is 13.3. The number of para-hydroxylation sites is 2. The molecule has 1 saturated carbocycles. The van der Waals surface area contributed by atoms with Gasteiger partial charge in [0.15, 0.2) is 0 Å². The van der Waals surface area contributed by atoms with Crippen LogP contribution >= 0.6 is 0 Å². The summed E-state index contributed by atoms with van der Waals surface area (Å²) in [7, 11) is 0. The summed E-state index contributed by atoms with van der Waals surface area (Å²) in [6, 6.07) is 13.8. The highest BCUT2D eigenvalue weighted by Gasteiger charge is 2.22. The zero-order chi connectivity index (χ0) is 16.9. The minimum atomic E-state index is -1.04. The summed E-state index contributed by atoms with van der Waals surface area (Å²) in [4.78, 5) is 23.5. The number of anilines is 1. The maximum Gasteiger partial charge on any atom is 0.335 e. The number of benzene rings is 2. The van der Waals surface area contributed by atoms with Crippen molar-refractivity contribution in [2.45, 2.75) is 19.3 Å². The van der Waals surface area contributed by atoms with Crippen molar-refractivity contribution >= 4 is 17.6 Å². The monoisotopic (exact) mass is 325 g/mol. The largest absolute Gasteiger partial charge is 0.491 e. The van der Waals surface area contributed by atoms with E-state index >= 15 is 0 Å². The number of rotatable bonds is 7. The van der Waals surface area contributed by atoms with E-state index in [0.29, 0.717) is 29.5 Å². The van der Waals surface area contributed by atoms with Gasteiger partial charge in [0.25, 0.3) is 0 Å². The molecule has 3 rings (SSSR count). The molecule has 2 N–H and O–H groups in total. The summed E-state index contributed by atoms with van der Waals surface area (Å²) in [5.41, 5.74) is 1.24. The van der Waals surface area contributed by atoms with E-state index in [1.165, 1.54) is 18.9 Å². The van der Waals surface area contributed by atoms with Gasteiger partial charge in [-0.15, -0.1) is 0 Å². The number of hydrogen-bond acceptors (Lipinski definition) is 3. The first-order valence-electron chi connectivity index (χ1n) is 7.96. The van der Waals surface area contributed by atoms with Crippen molar-refractivity contribution in [1.82, 2.24) is 0 Å². The van der Waals surface area contributed by atoms with Gasteiger partial charge >= 0.3 is 5.97 Å². The van der Waals surface area contributed by atoms with E-state index in [1.807, 2.05) is 18.2 Å². The summed E-state index contributed by atoms with van der Waals surface area (Å²) >= 11 is 0. The number of ether oxygens (including phenoxy) is 1. The molecule has 0 radical (unpaired) electrons. The summed E-state index contributed by atoms with van der Waals surface area (Å²) in [6.07, 6.45) is 2.39. The molecule has 0 aliphatic heterocycles. The Morgan fingerprint density at radius 3 is 2.54 bits per heavy atom. The first-order chi connectivity index (χ1) is 11.6. The zero-order valence-corrected chi connectivity index (χ0v) is 13.2. The molecule has 1 amide bonds. The Labute approximate surface area is 140 Å². The van der Waals surface area contributed by atoms with E-state index in [1.54, 1.807) is 24.3 Å². The lowest BCUT2D eigenvalue weighted by Gasteiger charge is -2.12. The summed E-state index contributed by atoms with van der Waals surface area (Å²) < 4.78 is 5.77. The van der Waals surface area contributed by atoms with Crippen LogP contribution in [0.1, 0.15) is 28.8 Å². The van der Waals surface area contributed by atoms with Crippen LogP contribution in [0, 0.1) is 5.92 Å². The Balaban J connectivity index is 1.68. The molecule has 2 aromatic carbocycles. The van der Waals surface area contributed by atoms with Crippen molar-refractivity contribution in [3.63, 3.8) is 0 Å². The maximum atomic E-state index is 12.3. The molecule has 0 unspecified atom stereocenters. The van der Waals surface area contributed by atoms with E-state index in [0.717, 1.165) is 0 Å². The number of carboxylic acids is 1. The molecule has 24 heavy (non-hydrogen) atoms. The van der Waals surface area contributed by atoms with Gasteiger partial charge in [-0.05, 0) is 42.5 Å². The van der Waals surface area contributed by atoms with Gasteiger partial charge in [-0.25, -0.2) is 4.79 Å². The number of hydrogen-bond donors (Lipinski definition) is 2. The second-order valence-corrected chi connectivity index (χ2v) is 5.94. The van der Waals surface area contributed by atoms with Crippen molar-refractivity contribution in [3.05, 3.63) is 59.7 Å². The first kappa shape index (κ1) is 16.1. The average Bonchev–Trinajstić information content (AvgIpc) is 3.38. The Kier molecular flexibility index (Phi) is 4.79. The summed E-state index contributed by atoms with van der Waals surface area (Å²) in [5.74, 6) is -0.0433. The minimum Gasteiger partial charge on any atom is -0.491 e. The second kappa shape index (κ2) is 7.17. The molecule has 5 heteroatoms. The quantitative estimate of drug-likeness (QED) is 0.818. The smallest absolute Gasteiger partial charge is 0.335 e. The number of carboxylic acid groups (broad SMARTS) is 1. The number of carbonyl (C=O) groups is 2. The fraction of sp³-hybridized carbons (Fsp3) is 0.263. The van der Waals surface area contributed by atoms with Crippen molar-refractivity contribution < 1.29 is 19.4 Å². The third kappa shape index (κ3) is 4.13. The van der Waals surface area contributed by atoms with Gasteiger partial charge in [0.05, 0.1) is 24.3 Å². The van der Waals surface area contributed by atoms with Crippen molar-refractivity contribution in [2.24, 2.45) is 5.92 Å². The topological polar surface area (TPSA) is 75.6 Å². The predicted molar refractivity (Wildman–Crippen MR) is 90.4 cm³/mol. The van der Waals surface area contributed by atoms with Gasteiger partial charge in [0, 0.05) is 0 Å². The van der Waals surface area contributed by atoms with Gasteiger partial charge < -0.3 is 15.2 Å².